The first-order chi connectivity index (χ1) is 12.7. The molecule has 1 aromatic carbocycles. The lowest BCUT2D eigenvalue weighted by Gasteiger charge is -2.37. The Bertz CT molecular complexity index is 773. The number of fused-ring (bicyclic) bond motifs is 1. The largest absolute Gasteiger partial charge is 0.321 e. The highest BCUT2D eigenvalue weighted by Gasteiger charge is 2.32. The van der Waals surface area contributed by atoms with Crippen molar-refractivity contribution in [1.29, 1.82) is 0 Å². The van der Waals surface area contributed by atoms with Gasteiger partial charge in [0.25, 0.3) is 5.96 Å². The van der Waals surface area contributed by atoms with Gasteiger partial charge < -0.3 is 5.32 Å². The zero-order valence-electron chi connectivity index (χ0n) is 14.7. The molecule has 0 fully saturated rings. The van der Waals surface area contributed by atoms with E-state index in [1.54, 1.807) is 6.20 Å². The van der Waals surface area contributed by atoms with Crippen molar-refractivity contribution in [1.82, 2.24) is 15.5 Å². The molecular formula is C17H21N7OS. The lowest BCUT2D eigenvalue weighted by atomic mass is 10.2. The molecule has 8 nitrogen and oxygen atoms in total. The average Bonchev–Trinajstić information content (AvgIpc) is 2.67. The second kappa shape index (κ2) is 8.72. The summed E-state index contributed by atoms with van der Waals surface area (Å²) in [5, 5.41) is 15.5. The summed E-state index contributed by atoms with van der Waals surface area (Å²) in [6.45, 7) is 5.34. The van der Waals surface area contributed by atoms with E-state index in [0.29, 0.717) is 29.8 Å². The zero-order chi connectivity index (χ0) is 18.4. The van der Waals surface area contributed by atoms with Crippen LogP contribution in [0.25, 0.3) is 0 Å². The van der Waals surface area contributed by atoms with E-state index in [-0.39, 0.29) is 12.1 Å². The molecule has 0 amide bonds. The van der Waals surface area contributed by atoms with Crippen LogP contribution in [0.15, 0.2) is 61.8 Å². The van der Waals surface area contributed by atoms with Gasteiger partial charge >= 0.3 is 0 Å². The molecule has 0 aliphatic carbocycles. The number of nitrogens with one attached hydrogen (secondary N) is 2. The van der Waals surface area contributed by atoms with Gasteiger partial charge in [0.05, 0.1) is 12.0 Å². The zero-order valence-corrected chi connectivity index (χ0v) is 15.5. The first kappa shape index (κ1) is 18.3. The molecule has 0 spiro atoms. The minimum absolute atomic E-state index is 0.0655. The van der Waals surface area contributed by atoms with Crippen molar-refractivity contribution in [2.75, 3.05) is 18.8 Å². The molecule has 3 rings (SSSR count). The number of nitrogens with zero attached hydrogens (tertiary/aromatic N) is 5. The molecule has 2 N–H and O–H groups in total. The van der Waals surface area contributed by atoms with Crippen molar-refractivity contribution >= 4 is 29.5 Å². The minimum atomic E-state index is -0.248. The first-order valence-corrected chi connectivity index (χ1v) is 9.45. The molecule has 0 bridgehead atoms. The van der Waals surface area contributed by atoms with Gasteiger partial charge in [-0.3, -0.25) is 20.0 Å². The van der Waals surface area contributed by atoms with Gasteiger partial charge in [0.2, 0.25) is 5.96 Å². The van der Waals surface area contributed by atoms with Crippen molar-refractivity contribution in [2.24, 2.45) is 20.2 Å². The summed E-state index contributed by atoms with van der Waals surface area (Å²) in [6, 6.07) is 9.26. The van der Waals surface area contributed by atoms with Gasteiger partial charge in [0, 0.05) is 12.1 Å². The first-order valence-electron chi connectivity index (χ1n) is 8.47. The standard InChI is InChI=1S/C17H21N7OS/c1-3-18-15-21-16(19-4-2)24-14(10-20-23-17(24)22-15)26-11-13(25)12-8-6-5-7-9-12/h5-10,16,19H,3-4,11H2,1-2H3,(H,18,21). The monoisotopic (exact) mass is 371 g/mol. The van der Waals surface area contributed by atoms with E-state index in [9.17, 15) is 4.79 Å². The SMILES string of the molecule is CCN=C1N=C2N=NC=C(SCC(=O)c3ccccc3)N2C(NCC)N1. The Kier molecular flexibility index (Phi) is 6.13. The third kappa shape index (κ3) is 4.17. The summed E-state index contributed by atoms with van der Waals surface area (Å²) < 4.78 is 0. The lowest BCUT2D eigenvalue weighted by Crippen LogP contribution is -2.60. The molecule has 0 saturated heterocycles. The smallest absolute Gasteiger partial charge is 0.256 e. The van der Waals surface area contributed by atoms with E-state index < -0.39 is 0 Å². The van der Waals surface area contributed by atoms with Gasteiger partial charge in [0.15, 0.2) is 12.1 Å². The number of guanidine groups is 2. The molecule has 0 aromatic heterocycles. The fourth-order valence-corrected chi connectivity index (χ4v) is 3.39. The number of thioether (sulfide) groups is 1. The van der Waals surface area contributed by atoms with Crippen LogP contribution in [0.2, 0.25) is 0 Å². The molecule has 1 atom stereocenters. The third-order valence-corrected chi connectivity index (χ3v) is 4.65. The molecule has 0 saturated carbocycles. The van der Waals surface area contributed by atoms with Crippen molar-refractivity contribution < 1.29 is 4.79 Å². The number of rotatable bonds is 7. The highest BCUT2D eigenvalue weighted by molar-refractivity contribution is 8.03. The van der Waals surface area contributed by atoms with Crippen LogP contribution in [0.5, 0.6) is 0 Å². The highest BCUT2D eigenvalue weighted by Crippen LogP contribution is 2.28. The predicted octanol–water partition coefficient (Wildman–Crippen LogP) is 2.40. The van der Waals surface area contributed by atoms with E-state index >= 15 is 0 Å². The number of hydrogen-bond acceptors (Lipinski definition) is 7. The molecule has 136 valence electrons. The third-order valence-electron chi connectivity index (χ3n) is 3.65. The van der Waals surface area contributed by atoms with Crippen LogP contribution in [0.3, 0.4) is 0 Å². The summed E-state index contributed by atoms with van der Waals surface area (Å²) in [5.74, 6) is 1.36. The van der Waals surface area contributed by atoms with Crippen LogP contribution >= 0.6 is 11.8 Å². The van der Waals surface area contributed by atoms with Crippen molar-refractivity contribution in [2.45, 2.75) is 20.1 Å². The number of hydrogen-bond donors (Lipinski definition) is 2. The van der Waals surface area contributed by atoms with Gasteiger partial charge in [0.1, 0.15) is 5.03 Å². The van der Waals surface area contributed by atoms with Crippen molar-refractivity contribution in [3.05, 3.63) is 47.1 Å². The molecule has 2 heterocycles. The van der Waals surface area contributed by atoms with E-state index in [4.69, 9.17) is 0 Å². The summed E-state index contributed by atoms with van der Waals surface area (Å²) in [6.07, 6.45) is 1.40. The van der Waals surface area contributed by atoms with Gasteiger partial charge in [-0.05, 0) is 13.5 Å². The number of benzene rings is 1. The van der Waals surface area contributed by atoms with E-state index in [1.165, 1.54) is 11.8 Å². The number of carbonyl (C=O) groups excluding carboxylic acids is 1. The number of azo groups is 1. The Morgan fingerprint density at radius 1 is 1.35 bits per heavy atom. The fraction of sp³-hybridized carbons (Fsp3) is 0.353. The number of aliphatic imine (C=N–C) groups is 2. The lowest BCUT2D eigenvalue weighted by molar-refractivity contribution is 0.102. The predicted molar refractivity (Wildman–Crippen MR) is 104 cm³/mol. The summed E-state index contributed by atoms with van der Waals surface area (Å²) in [4.78, 5) is 23.0. The van der Waals surface area contributed by atoms with Gasteiger partial charge in [-0.15, -0.1) is 5.11 Å². The average molecular weight is 371 g/mol. The van der Waals surface area contributed by atoms with Crippen LogP contribution in [0.4, 0.5) is 0 Å². The van der Waals surface area contributed by atoms with E-state index in [1.807, 2.05) is 49.1 Å². The van der Waals surface area contributed by atoms with Crippen molar-refractivity contribution in [3.63, 3.8) is 0 Å². The topological polar surface area (TPSA) is 93.8 Å². The van der Waals surface area contributed by atoms with Crippen LogP contribution in [-0.2, 0) is 0 Å². The quantitative estimate of drug-likeness (QED) is 0.718. The Morgan fingerprint density at radius 2 is 2.15 bits per heavy atom. The number of carbonyl (C=O) groups is 1. The maximum atomic E-state index is 12.4. The van der Waals surface area contributed by atoms with Crippen LogP contribution < -0.4 is 10.6 Å². The highest BCUT2D eigenvalue weighted by atomic mass is 32.2. The summed E-state index contributed by atoms with van der Waals surface area (Å²) in [7, 11) is 0. The van der Waals surface area contributed by atoms with Crippen molar-refractivity contribution in [3.8, 4) is 0 Å². The maximum Gasteiger partial charge on any atom is 0.256 e. The van der Waals surface area contributed by atoms with Crippen LogP contribution in [0, 0.1) is 0 Å². The number of Topliss-reactive ketones (excluding diaryl/α,β-unsaturated/α-hetero) is 1. The van der Waals surface area contributed by atoms with E-state index in [0.717, 1.165) is 11.6 Å². The summed E-state index contributed by atoms with van der Waals surface area (Å²) in [5.41, 5.74) is 0.698. The Balaban J connectivity index is 1.76. The molecule has 9 heteroatoms. The Labute approximate surface area is 156 Å². The molecule has 1 aromatic rings. The Morgan fingerprint density at radius 3 is 2.88 bits per heavy atom. The number of ketones is 1. The summed E-state index contributed by atoms with van der Waals surface area (Å²) >= 11 is 1.41. The Hall–Kier alpha value is -2.52. The second-order valence-corrected chi connectivity index (χ2v) is 6.44. The van der Waals surface area contributed by atoms with Gasteiger partial charge in [-0.1, -0.05) is 49.0 Å². The molecule has 26 heavy (non-hydrogen) atoms. The van der Waals surface area contributed by atoms with Crippen LogP contribution in [0.1, 0.15) is 24.2 Å². The molecule has 1 unspecified atom stereocenters. The maximum absolute atomic E-state index is 12.4. The van der Waals surface area contributed by atoms with Gasteiger partial charge in [-0.2, -0.15) is 10.1 Å². The molecule has 2 aliphatic heterocycles. The van der Waals surface area contributed by atoms with Gasteiger partial charge in [-0.25, -0.2) is 0 Å². The molecular weight excluding hydrogens is 350 g/mol. The molecule has 2 aliphatic rings. The van der Waals surface area contributed by atoms with E-state index in [2.05, 4.69) is 30.8 Å². The van der Waals surface area contributed by atoms with Crippen LogP contribution in [-0.4, -0.2) is 47.7 Å². The second-order valence-electron chi connectivity index (χ2n) is 5.44. The molecule has 0 radical (unpaired) electrons. The minimum Gasteiger partial charge on any atom is -0.321 e. The fourth-order valence-electron chi connectivity index (χ4n) is 2.49. The normalized spacial score (nSPS) is 20.3.